The van der Waals surface area contributed by atoms with Gasteiger partial charge in [0, 0.05) is 6.54 Å². The number of hydrogen-bond acceptors (Lipinski definition) is 3. The second kappa shape index (κ2) is 7.65. The van der Waals surface area contributed by atoms with E-state index in [1.807, 2.05) is 31.2 Å². The number of nitrogens with zero attached hydrogens (tertiary/aromatic N) is 1. The summed E-state index contributed by atoms with van der Waals surface area (Å²) < 4.78 is 5.42. The molecule has 1 aliphatic rings. The van der Waals surface area contributed by atoms with Crippen molar-refractivity contribution in [1.82, 2.24) is 4.90 Å². The van der Waals surface area contributed by atoms with Crippen LogP contribution in [0, 0.1) is 5.92 Å². The molecule has 1 saturated heterocycles. The maximum atomic E-state index is 10.3. The van der Waals surface area contributed by atoms with Crippen molar-refractivity contribution < 1.29 is 9.84 Å². The summed E-state index contributed by atoms with van der Waals surface area (Å²) in [6, 6.07) is 7.81. The Bertz CT molecular complexity index is 382. The van der Waals surface area contributed by atoms with Crippen LogP contribution >= 0.6 is 0 Å². The Morgan fingerprint density at radius 2 is 1.85 bits per heavy atom. The van der Waals surface area contributed by atoms with E-state index >= 15 is 0 Å². The van der Waals surface area contributed by atoms with Gasteiger partial charge in [0.05, 0.1) is 12.7 Å². The highest BCUT2D eigenvalue weighted by Crippen LogP contribution is 2.23. The number of likely N-dealkylation sites (tertiary alicyclic amines) is 1. The van der Waals surface area contributed by atoms with Crippen molar-refractivity contribution in [2.45, 2.75) is 39.2 Å². The molecule has 0 saturated carbocycles. The first-order chi connectivity index (χ1) is 9.72. The summed E-state index contributed by atoms with van der Waals surface area (Å²) in [6.45, 7) is 7.90. The van der Waals surface area contributed by atoms with Crippen LogP contribution in [0.5, 0.6) is 5.75 Å². The number of benzene rings is 1. The molecule has 1 atom stereocenters. The topological polar surface area (TPSA) is 32.7 Å². The molecule has 1 unspecified atom stereocenters. The lowest BCUT2D eigenvalue weighted by Gasteiger charge is -2.32. The minimum Gasteiger partial charge on any atom is -0.494 e. The number of rotatable bonds is 6. The van der Waals surface area contributed by atoms with Crippen LogP contribution in [0.25, 0.3) is 0 Å². The van der Waals surface area contributed by atoms with E-state index in [0.29, 0.717) is 6.61 Å². The fraction of sp³-hybridized carbons (Fsp3) is 0.647. The van der Waals surface area contributed by atoms with Crippen LogP contribution in [0.15, 0.2) is 24.3 Å². The Balaban J connectivity index is 1.83. The highest BCUT2D eigenvalue weighted by atomic mass is 16.5. The normalized spacial score (nSPS) is 18.9. The van der Waals surface area contributed by atoms with Crippen LogP contribution in [-0.4, -0.2) is 36.2 Å². The lowest BCUT2D eigenvalue weighted by Crippen LogP contribution is -2.36. The molecule has 0 radical (unpaired) electrons. The van der Waals surface area contributed by atoms with E-state index in [4.69, 9.17) is 4.74 Å². The van der Waals surface area contributed by atoms with Gasteiger partial charge in [-0.1, -0.05) is 25.5 Å². The molecule has 20 heavy (non-hydrogen) atoms. The molecule has 1 aliphatic heterocycles. The molecule has 3 nitrogen and oxygen atoms in total. The van der Waals surface area contributed by atoms with E-state index in [1.165, 1.54) is 19.3 Å². The van der Waals surface area contributed by atoms with Gasteiger partial charge in [0.25, 0.3) is 0 Å². The molecule has 3 heteroatoms. The fourth-order valence-corrected chi connectivity index (χ4v) is 2.88. The minimum absolute atomic E-state index is 0.399. The number of β-amino-alcohol motifs (C(OH)–C–C–N with tert-alkyl or cyclic N) is 1. The van der Waals surface area contributed by atoms with Gasteiger partial charge in [-0.25, -0.2) is 0 Å². The van der Waals surface area contributed by atoms with Crippen molar-refractivity contribution >= 4 is 0 Å². The van der Waals surface area contributed by atoms with E-state index in [0.717, 1.165) is 36.9 Å². The van der Waals surface area contributed by atoms with E-state index in [9.17, 15) is 5.11 Å². The summed E-state index contributed by atoms with van der Waals surface area (Å²) in [4.78, 5) is 2.38. The lowest BCUT2D eigenvalue weighted by atomic mass is 9.94. The first-order valence-electron chi connectivity index (χ1n) is 7.86. The van der Waals surface area contributed by atoms with Gasteiger partial charge in [-0.2, -0.15) is 0 Å². The van der Waals surface area contributed by atoms with Crippen molar-refractivity contribution in [2.75, 3.05) is 26.2 Å². The predicted octanol–water partition coefficient (Wildman–Crippen LogP) is 3.24. The summed E-state index contributed by atoms with van der Waals surface area (Å²) in [5.41, 5.74) is 0.978. The largest absolute Gasteiger partial charge is 0.494 e. The van der Waals surface area contributed by atoms with Crippen molar-refractivity contribution in [1.29, 1.82) is 0 Å². The number of hydrogen-bond donors (Lipinski definition) is 1. The number of piperidine rings is 1. The molecule has 2 rings (SSSR count). The van der Waals surface area contributed by atoms with Crippen LogP contribution in [0.3, 0.4) is 0 Å². The zero-order valence-corrected chi connectivity index (χ0v) is 12.7. The highest BCUT2D eigenvalue weighted by Gasteiger charge is 2.20. The standard InChI is InChI=1S/C17H27NO2/c1-3-14-9-11-18(12-10-14)13-17(19)15-5-7-16(8-6-15)20-4-2/h5-8,14,17,19H,3-4,9-13H2,1-2H3. The van der Waals surface area contributed by atoms with Gasteiger partial charge in [-0.05, 0) is 56.5 Å². The number of ether oxygens (including phenoxy) is 1. The van der Waals surface area contributed by atoms with E-state index in [2.05, 4.69) is 11.8 Å². The summed E-state index contributed by atoms with van der Waals surface area (Å²) in [6.07, 6.45) is 3.43. The molecule has 0 aromatic heterocycles. The predicted molar refractivity (Wildman–Crippen MR) is 82.0 cm³/mol. The molecule has 1 N–H and O–H groups in total. The molecule has 1 fully saturated rings. The Morgan fingerprint density at radius 1 is 1.20 bits per heavy atom. The van der Waals surface area contributed by atoms with Crippen molar-refractivity contribution in [3.05, 3.63) is 29.8 Å². The quantitative estimate of drug-likeness (QED) is 0.866. The molecule has 0 bridgehead atoms. The summed E-state index contributed by atoms with van der Waals surface area (Å²) in [5, 5.41) is 10.3. The lowest BCUT2D eigenvalue weighted by molar-refractivity contribution is 0.0887. The maximum Gasteiger partial charge on any atom is 0.119 e. The van der Waals surface area contributed by atoms with Crippen LogP contribution in [0.2, 0.25) is 0 Å². The van der Waals surface area contributed by atoms with E-state index < -0.39 is 6.10 Å². The molecular formula is C17H27NO2. The van der Waals surface area contributed by atoms with E-state index in [-0.39, 0.29) is 0 Å². The van der Waals surface area contributed by atoms with Gasteiger partial charge < -0.3 is 14.7 Å². The zero-order chi connectivity index (χ0) is 14.4. The zero-order valence-electron chi connectivity index (χ0n) is 12.7. The molecule has 112 valence electrons. The van der Waals surface area contributed by atoms with Gasteiger partial charge >= 0.3 is 0 Å². The Labute approximate surface area is 122 Å². The highest BCUT2D eigenvalue weighted by molar-refractivity contribution is 5.28. The van der Waals surface area contributed by atoms with Gasteiger partial charge in [0.1, 0.15) is 5.75 Å². The molecule has 1 aromatic carbocycles. The summed E-state index contributed by atoms with van der Waals surface area (Å²) in [5.74, 6) is 1.75. The van der Waals surface area contributed by atoms with Crippen molar-refractivity contribution in [3.8, 4) is 5.75 Å². The molecule has 0 amide bonds. The second-order valence-corrected chi connectivity index (χ2v) is 5.67. The van der Waals surface area contributed by atoms with Gasteiger partial charge in [-0.3, -0.25) is 0 Å². The molecule has 0 aliphatic carbocycles. The Kier molecular flexibility index (Phi) is 5.86. The second-order valence-electron chi connectivity index (χ2n) is 5.67. The number of aliphatic hydroxyl groups excluding tert-OH is 1. The third kappa shape index (κ3) is 4.22. The van der Waals surface area contributed by atoms with E-state index in [1.54, 1.807) is 0 Å². The van der Waals surface area contributed by atoms with Gasteiger partial charge in [0.2, 0.25) is 0 Å². The van der Waals surface area contributed by atoms with Crippen LogP contribution < -0.4 is 4.74 Å². The average molecular weight is 277 g/mol. The molecular weight excluding hydrogens is 250 g/mol. The smallest absolute Gasteiger partial charge is 0.119 e. The molecule has 1 aromatic rings. The van der Waals surface area contributed by atoms with Gasteiger partial charge in [0.15, 0.2) is 0 Å². The first-order valence-corrected chi connectivity index (χ1v) is 7.86. The summed E-state index contributed by atoms with van der Waals surface area (Å²) >= 11 is 0. The SMILES string of the molecule is CCOc1ccc(C(O)CN2CCC(CC)CC2)cc1. The molecule has 0 spiro atoms. The van der Waals surface area contributed by atoms with Crippen molar-refractivity contribution in [3.63, 3.8) is 0 Å². The number of aliphatic hydroxyl groups is 1. The van der Waals surface area contributed by atoms with Gasteiger partial charge in [-0.15, -0.1) is 0 Å². The molecule has 1 heterocycles. The average Bonchev–Trinajstić information content (AvgIpc) is 2.49. The minimum atomic E-state index is -0.399. The Morgan fingerprint density at radius 3 is 2.40 bits per heavy atom. The summed E-state index contributed by atoms with van der Waals surface area (Å²) in [7, 11) is 0. The monoisotopic (exact) mass is 277 g/mol. The Hall–Kier alpha value is -1.06. The fourth-order valence-electron chi connectivity index (χ4n) is 2.88. The first kappa shape index (κ1) is 15.3. The maximum absolute atomic E-state index is 10.3. The van der Waals surface area contributed by atoms with Crippen molar-refractivity contribution in [2.24, 2.45) is 5.92 Å². The van der Waals surface area contributed by atoms with Crippen LogP contribution in [-0.2, 0) is 0 Å². The van der Waals surface area contributed by atoms with Crippen LogP contribution in [0.4, 0.5) is 0 Å². The van der Waals surface area contributed by atoms with Crippen LogP contribution in [0.1, 0.15) is 44.8 Å². The third-order valence-corrected chi connectivity index (χ3v) is 4.29. The third-order valence-electron chi connectivity index (χ3n) is 4.29.